The average Bonchev–Trinajstić information content (AvgIpc) is 3.72. The van der Waals surface area contributed by atoms with Crippen LogP contribution in [0.15, 0.2) is 47.4 Å². The Kier molecular flexibility index (Phi) is 8.53. The standard InChI is InChI=1S/C31H33ClF2N8O4/c1-40(24-12-31(33,34)30(45)38-24)16-25-39-42-15-18(11-23(42)29(44)41(25)2)20-5-4-6-21(27(20)32)22-9-7-17(28(37-22)46-3)13-35-14-19-8-10-26(43)36-19/h4-7,9,11,15,19,24,35H,8,10,12-14,16H2,1-3H3,(H,36,43)(H,38,45)/t19-,24?/m0/s1. The number of carbonyl (C=O) groups excluding carboxylic acids is 2. The van der Waals surface area contributed by atoms with Crippen LogP contribution in [0.2, 0.25) is 5.02 Å². The molecule has 1 unspecified atom stereocenters. The van der Waals surface area contributed by atoms with E-state index in [1.165, 1.54) is 14.0 Å². The topological polar surface area (TPSA) is 135 Å². The van der Waals surface area contributed by atoms with Gasteiger partial charge >= 0.3 is 5.92 Å². The van der Waals surface area contributed by atoms with E-state index in [0.717, 1.165) is 12.0 Å². The number of carbonyl (C=O) groups is 2. The number of nitrogens with one attached hydrogen (secondary N) is 3. The van der Waals surface area contributed by atoms with Crippen molar-refractivity contribution >= 4 is 28.9 Å². The Morgan fingerprint density at radius 2 is 1.96 bits per heavy atom. The largest absolute Gasteiger partial charge is 0.481 e. The van der Waals surface area contributed by atoms with Gasteiger partial charge in [0.05, 0.1) is 37.0 Å². The van der Waals surface area contributed by atoms with Crippen LogP contribution in [0.4, 0.5) is 8.78 Å². The summed E-state index contributed by atoms with van der Waals surface area (Å²) < 4.78 is 36.0. The molecule has 0 bridgehead atoms. The maximum atomic E-state index is 13.8. The molecule has 2 saturated heterocycles. The minimum atomic E-state index is -3.44. The number of alkyl halides is 2. The van der Waals surface area contributed by atoms with Gasteiger partial charge in [-0.15, -0.1) is 0 Å². The van der Waals surface area contributed by atoms with Crippen LogP contribution in [0.5, 0.6) is 5.88 Å². The van der Waals surface area contributed by atoms with Crippen LogP contribution in [-0.2, 0) is 29.7 Å². The molecular weight excluding hydrogens is 622 g/mol. The Bertz CT molecular complexity index is 1890. The Morgan fingerprint density at radius 3 is 2.65 bits per heavy atom. The number of amides is 2. The highest BCUT2D eigenvalue weighted by Gasteiger charge is 2.49. The number of pyridine rings is 1. The number of fused-ring (bicyclic) bond motifs is 1. The number of methoxy groups -OCH3 is 1. The zero-order valence-electron chi connectivity index (χ0n) is 25.4. The lowest BCUT2D eigenvalue weighted by Crippen LogP contribution is -2.41. The van der Waals surface area contributed by atoms with Crippen molar-refractivity contribution in [3.05, 3.63) is 69.4 Å². The van der Waals surface area contributed by atoms with E-state index in [2.05, 4.69) is 21.0 Å². The van der Waals surface area contributed by atoms with Crippen molar-refractivity contribution in [2.75, 3.05) is 20.7 Å². The molecule has 6 rings (SSSR count). The third-order valence-corrected chi connectivity index (χ3v) is 8.85. The second-order valence-corrected chi connectivity index (χ2v) is 12.0. The smallest absolute Gasteiger partial charge is 0.327 e. The first kappa shape index (κ1) is 31.6. The Morgan fingerprint density at radius 1 is 1.17 bits per heavy atom. The maximum absolute atomic E-state index is 13.8. The van der Waals surface area contributed by atoms with Crippen LogP contribution >= 0.6 is 11.6 Å². The summed E-state index contributed by atoms with van der Waals surface area (Å²) in [4.78, 5) is 42.6. The number of hydrogen-bond donors (Lipinski definition) is 3. The van der Waals surface area contributed by atoms with Gasteiger partial charge in [0, 0.05) is 61.1 Å². The number of rotatable bonds is 10. The van der Waals surface area contributed by atoms with Gasteiger partial charge < -0.3 is 20.7 Å². The van der Waals surface area contributed by atoms with Crippen molar-refractivity contribution in [1.29, 1.82) is 0 Å². The average molecular weight is 655 g/mol. The first-order valence-electron chi connectivity index (χ1n) is 14.8. The first-order valence-corrected chi connectivity index (χ1v) is 15.1. The molecule has 0 radical (unpaired) electrons. The number of benzene rings is 1. The molecule has 4 aromatic rings. The highest BCUT2D eigenvalue weighted by Crippen LogP contribution is 2.37. The number of hydrogen-bond acceptors (Lipinski definition) is 8. The maximum Gasteiger partial charge on any atom is 0.327 e. The van der Waals surface area contributed by atoms with Crippen LogP contribution in [0.1, 0.15) is 30.7 Å². The number of ether oxygens (including phenoxy) is 1. The number of aromatic nitrogens is 4. The molecule has 1 aromatic carbocycles. The van der Waals surface area contributed by atoms with E-state index < -0.39 is 24.4 Å². The molecule has 0 aliphatic carbocycles. The zero-order chi connectivity index (χ0) is 32.7. The van der Waals surface area contributed by atoms with Gasteiger partial charge in [0.2, 0.25) is 11.8 Å². The molecule has 0 saturated carbocycles. The monoisotopic (exact) mass is 654 g/mol. The van der Waals surface area contributed by atoms with Crippen molar-refractivity contribution in [3.8, 4) is 28.3 Å². The molecule has 2 aliphatic heterocycles. The van der Waals surface area contributed by atoms with Gasteiger partial charge in [-0.2, -0.15) is 13.9 Å². The molecule has 12 nitrogen and oxygen atoms in total. The summed E-state index contributed by atoms with van der Waals surface area (Å²) in [5.74, 6) is -3.92. The van der Waals surface area contributed by atoms with Gasteiger partial charge in [-0.25, -0.2) is 9.50 Å². The molecule has 46 heavy (non-hydrogen) atoms. The third-order valence-electron chi connectivity index (χ3n) is 8.45. The molecule has 5 heterocycles. The fourth-order valence-corrected chi connectivity index (χ4v) is 6.13. The van der Waals surface area contributed by atoms with Gasteiger partial charge in [-0.05, 0) is 25.6 Å². The molecule has 2 fully saturated rings. The summed E-state index contributed by atoms with van der Waals surface area (Å²) in [6.45, 7) is 1.20. The summed E-state index contributed by atoms with van der Waals surface area (Å²) in [6, 6.07) is 11.1. The first-order chi connectivity index (χ1) is 21.9. The lowest BCUT2D eigenvalue weighted by molar-refractivity contribution is -0.139. The lowest BCUT2D eigenvalue weighted by atomic mass is 10.0. The Hall–Kier alpha value is -4.40. The minimum Gasteiger partial charge on any atom is -0.481 e. The second kappa shape index (κ2) is 12.4. The molecule has 3 aromatic heterocycles. The van der Waals surface area contributed by atoms with Gasteiger partial charge in [0.15, 0.2) is 0 Å². The van der Waals surface area contributed by atoms with E-state index in [9.17, 15) is 23.2 Å². The quantitative estimate of drug-likeness (QED) is 0.238. The molecule has 15 heteroatoms. The summed E-state index contributed by atoms with van der Waals surface area (Å²) in [5, 5.41) is 13.6. The van der Waals surface area contributed by atoms with Crippen LogP contribution in [0, 0.1) is 0 Å². The van der Waals surface area contributed by atoms with Crippen molar-refractivity contribution < 1.29 is 23.1 Å². The summed E-state index contributed by atoms with van der Waals surface area (Å²) in [6.07, 6.45) is 1.48. The van der Waals surface area contributed by atoms with E-state index in [1.807, 2.05) is 30.3 Å². The van der Waals surface area contributed by atoms with Crippen molar-refractivity contribution in [1.82, 2.24) is 40.0 Å². The fraction of sp³-hybridized carbons (Fsp3) is 0.387. The highest BCUT2D eigenvalue weighted by molar-refractivity contribution is 6.36. The lowest BCUT2D eigenvalue weighted by Gasteiger charge is -2.23. The number of halogens is 3. The van der Waals surface area contributed by atoms with E-state index in [4.69, 9.17) is 21.3 Å². The van der Waals surface area contributed by atoms with Gasteiger partial charge in [0.1, 0.15) is 11.3 Å². The normalized spacial score (nSPS) is 19.2. The van der Waals surface area contributed by atoms with Crippen molar-refractivity contribution in [2.24, 2.45) is 7.05 Å². The van der Waals surface area contributed by atoms with Gasteiger partial charge in [0.25, 0.3) is 11.5 Å². The van der Waals surface area contributed by atoms with E-state index >= 15 is 0 Å². The summed E-state index contributed by atoms with van der Waals surface area (Å²) >= 11 is 6.94. The predicted molar refractivity (Wildman–Crippen MR) is 166 cm³/mol. The van der Waals surface area contributed by atoms with Crippen molar-refractivity contribution in [3.63, 3.8) is 0 Å². The van der Waals surface area contributed by atoms with Gasteiger partial charge in [-0.3, -0.25) is 23.9 Å². The summed E-state index contributed by atoms with van der Waals surface area (Å²) in [5.41, 5.74) is 3.41. The molecule has 2 aliphatic rings. The molecule has 2 atom stereocenters. The van der Waals surface area contributed by atoms with Crippen LogP contribution in [0.3, 0.4) is 0 Å². The second-order valence-electron chi connectivity index (χ2n) is 11.6. The van der Waals surface area contributed by atoms with E-state index in [-0.39, 0.29) is 24.1 Å². The zero-order valence-corrected chi connectivity index (χ0v) is 26.2. The van der Waals surface area contributed by atoms with Crippen LogP contribution in [0.25, 0.3) is 27.9 Å². The summed E-state index contributed by atoms with van der Waals surface area (Å²) in [7, 11) is 4.69. The van der Waals surface area contributed by atoms with E-state index in [0.29, 0.717) is 64.1 Å². The molecule has 242 valence electrons. The van der Waals surface area contributed by atoms with Gasteiger partial charge in [-0.1, -0.05) is 35.9 Å². The third kappa shape index (κ3) is 6.07. The Labute approximate surface area is 267 Å². The fourth-order valence-electron chi connectivity index (χ4n) is 5.80. The predicted octanol–water partition coefficient (Wildman–Crippen LogP) is 2.71. The molecule has 2 amide bonds. The Balaban J connectivity index is 1.24. The molecule has 3 N–H and O–H groups in total. The minimum absolute atomic E-state index is 0.0443. The van der Waals surface area contributed by atoms with E-state index in [1.54, 1.807) is 33.5 Å². The van der Waals surface area contributed by atoms with Crippen molar-refractivity contribution in [2.45, 2.75) is 50.5 Å². The highest BCUT2D eigenvalue weighted by atomic mass is 35.5. The molecule has 0 spiro atoms. The SMILES string of the molecule is COc1nc(-c2cccc(-c3cc4c(=O)n(C)c(CN(C)C5CC(F)(F)C(=O)N5)nn4c3)c2Cl)ccc1CNC[C@@H]1CCC(=O)N1. The molecular formula is C31H33ClF2N8O4. The number of nitrogens with zero attached hydrogens (tertiary/aromatic N) is 5. The van der Waals surface area contributed by atoms with Crippen LogP contribution < -0.4 is 26.2 Å². The van der Waals surface area contributed by atoms with Crippen LogP contribution in [-0.4, -0.2) is 74.7 Å².